The quantitative estimate of drug-likeness (QED) is 0.693. The van der Waals surface area contributed by atoms with Gasteiger partial charge in [-0.3, -0.25) is 0 Å². The Labute approximate surface area is 127 Å². The molecule has 0 bridgehead atoms. The van der Waals surface area contributed by atoms with Crippen LogP contribution in [0.3, 0.4) is 0 Å². The molecule has 1 heterocycles. The van der Waals surface area contributed by atoms with E-state index in [-0.39, 0.29) is 0 Å². The van der Waals surface area contributed by atoms with Crippen molar-refractivity contribution in [2.45, 2.75) is 36.9 Å². The van der Waals surface area contributed by atoms with E-state index >= 15 is 0 Å². The first kappa shape index (κ1) is 13.3. The van der Waals surface area contributed by atoms with Crippen LogP contribution in [0.4, 0.5) is 0 Å². The molecule has 3 rings (SSSR count). The minimum Gasteiger partial charge on any atom is -0.241 e. The van der Waals surface area contributed by atoms with Gasteiger partial charge in [0.25, 0.3) is 0 Å². The smallest absolute Gasteiger partial charge is 0.0935 e. The molecule has 1 aliphatic rings. The maximum absolute atomic E-state index is 4.80. The van der Waals surface area contributed by atoms with Gasteiger partial charge in [-0.2, -0.15) is 0 Å². The largest absolute Gasteiger partial charge is 0.241 e. The first-order valence-corrected chi connectivity index (χ1v) is 8.74. The molecule has 0 aliphatic heterocycles. The highest BCUT2D eigenvalue weighted by Crippen LogP contribution is 2.32. The van der Waals surface area contributed by atoms with Crippen molar-refractivity contribution in [3.8, 4) is 11.3 Å². The third-order valence-corrected chi connectivity index (χ3v) is 5.51. The van der Waals surface area contributed by atoms with Crippen LogP contribution in [0.1, 0.15) is 30.7 Å². The summed E-state index contributed by atoms with van der Waals surface area (Å²) in [6, 6.07) is 10.5. The minimum absolute atomic E-state index is 0.722. The van der Waals surface area contributed by atoms with E-state index in [2.05, 4.69) is 51.6 Å². The molecule has 1 aliphatic carbocycles. The third-order valence-electron chi connectivity index (χ3n) is 3.80. The van der Waals surface area contributed by atoms with Gasteiger partial charge in [0, 0.05) is 22.2 Å². The lowest BCUT2D eigenvalue weighted by atomic mass is 9.87. The Balaban J connectivity index is 1.68. The predicted octanol–water partition coefficient (Wildman–Crippen LogP) is 5.31. The van der Waals surface area contributed by atoms with Crippen LogP contribution in [0, 0.1) is 5.92 Å². The van der Waals surface area contributed by atoms with Crippen LogP contribution in [0.5, 0.6) is 0 Å². The molecular formula is C16H18BrNS. The first-order valence-electron chi connectivity index (χ1n) is 6.95. The van der Waals surface area contributed by atoms with E-state index in [4.69, 9.17) is 4.98 Å². The summed E-state index contributed by atoms with van der Waals surface area (Å²) in [5, 5.41) is 3.49. The summed E-state index contributed by atoms with van der Waals surface area (Å²) in [6.07, 6.45) is 6.52. The molecule has 2 atom stereocenters. The van der Waals surface area contributed by atoms with Gasteiger partial charge in [0.1, 0.15) is 0 Å². The maximum Gasteiger partial charge on any atom is 0.0935 e. The number of thiazole rings is 1. The van der Waals surface area contributed by atoms with Crippen molar-refractivity contribution in [1.82, 2.24) is 4.98 Å². The average molecular weight is 336 g/mol. The van der Waals surface area contributed by atoms with Crippen molar-refractivity contribution in [2.24, 2.45) is 5.92 Å². The predicted molar refractivity (Wildman–Crippen MR) is 85.9 cm³/mol. The molecule has 0 amide bonds. The zero-order chi connectivity index (χ0) is 13.1. The summed E-state index contributed by atoms with van der Waals surface area (Å²) in [6.45, 7) is 0. The number of alkyl halides is 1. The molecule has 0 saturated heterocycles. The van der Waals surface area contributed by atoms with Crippen molar-refractivity contribution in [3.63, 3.8) is 0 Å². The monoisotopic (exact) mass is 335 g/mol. The highest BCUT2D eigenvalue weighted by molar-refractivity contribution is 9.09. The summed E-state index contributed by atoms with van der Waals surface area (Å²) in [5.74, 6) is 0.813. The van der Waals surface area contributed by atoms with Crippen molar-refractivity contribution in [1.29, 1.82) is 0 Å². The van der Waals surface area contributed by atoms with E-state index in [0.717, 1.165) is 22.9 Å². The molecule has 100 valence electrons. The maximum atomic E-state index is 4.80. The Hall–Kier alpha value is -0.670. The van der Waals surface area contributed by atoms with Crippen molar-refractivity contribution < 1.29 is 0 Å². The summed E-state index contributed by atoms with van der Waals surface area (Å²) >= 11 is 5.58. The Bertz CT molecular complexity index is 523. The molecular weight excluding hydrogens is 318 g/mol. The lowest BCUT2D eigenvalue weighted by molar-refractivity contribution is 0.367. The molecule has 2 unspecified atom stereocenters. The Morgan fingerprint density at radius 1 is 1.21 bits per heavy atom. The Kier molecular flexibility index (Phi) is 4.34. The van der Waals surface area contributed by atoms with Crippen LogP contribution >= 0.6 is 27.3 Å². The van der Waals surface area contributed by atoms with Crippen LogP contribution in [-0.2, 0) is 6.42 Å². The first-order chi connectivity index (χ1) is 9.31. The van der Waals surface area contributed by atoms with Crippen LogP contribution in [-0.4, -0.2) is 9.81 Å². The third kappa shape index (κ3) is 3.46. The standard InChI is InChI=1S/C16H18BrNS/c17-14-8-4-5-12(9-14)10-16-18-15(11-19-16)13-6-2-1-3-7-13/h1-3,6-7,11-12,14H,4-5,8-10H2. The number of aromatic nitrogens is 1. The normalized spacial score (nSPS) is 23.4. The lowest BCUT2D eigenvalue weighted by Crippen LogP contribution is -2.16. The average Bonchev–Trinajstić information content (AvgIpc) is 2.88. The Morgan fingerprint density at radius 2 is 2.05 bits per heavy atom. The number of benzene rings is 1. The van der Waals surface area contributed by atoms with Gasteiger partial charge in [-0.05, 0) is 25.2 Å². The summed E-state index contributed by atoms with van der Waals surface area (Å²) in [7, 11) is 0. The number of nitrogens with zero attached hydrogens (tertiary/aromatic N) is 1. The van der Waals surface area contributed by atoms with Crippen molar-refractivity contribution >= 4 is 27.3 Å². The van der Waals surface area contributed by atoms with Gasteiger partial charge >= 0.3 is 0 Å². The van der Waals surface area contributed by atoms with E-state index in [0.29, 0.717) is 0 Å². The summed E-state index contributed by atoms with van der Waals surface area (Å²) in [4.78, 5) is 5.52. The molecule has 1 saturated carbocycles. The van der Waals surface area contributed by atoms with Gasteiger partial charge in [0.05, 0.1) is 10.7 Å². The number of halogens is 1. The highest BCUT2D eigenvalue weighted by atomic mass is 79.9. The van der Waals surface area contributed by atoms with Crippen LogP contribution < -0.4 is 0 Å². The van der Waals surface area contributed by atoms with Crippen molar-refractivity contribution in [3.05, 3.63) is 40.7 Å². The van der Waals surface area contributed by atoms with E-state index in [1.54, 1.807) is 0 Å². The molecule has 19 heavy (non-hydrogen) atoms. The number of hydrogen-bond donors (Lipinski definition) is 0. The molecule has 1 aromatic carbocycles. The van der Waals surface area contributed by atoms with E-state index in [9.17, 15) is 0 Å². The molecule has 1 fully saturated rings. The molecule has 1 aromatic heterocycles. The van der Waals surface area contributed by atoms with Gasteiger partial charge in [-0.25, -0.2) is 4.98 Å². The zero-order valence-corrected chi connectivity index (χ0v) is 13.3. The summed E-state index contributed by atoms with van der Waals surface area (Å²) < 4.78 is 0. The fourth-order valence-electron chi connectivity index (χ4n) is 2.80. The topological polar surface area (TPSA) is 12.9 Å². The van der Waals surface area contributed by atoms with E-state index in [1.807, 2.05) is 11.3 Å². The van der Waals surface area contributed by atoms with Crippen LogP contribution in [0.15, 0.2) is 35.7 Å². The van der Waals surface area contributed by atoms with Gasteiger partial charge in [0.15, 0.2) is 0 Å². The second-order valence-electron chi connectivity index (χ2n) is 5.33. The minimum atomic E-state index is 0.722. The lowest BCUT2D eigenvalue weighted by Gasteiger charge is -2.24. The van der Waals surface area contributed by atoms with Crippen LogP contribution in [0.25, 0.3) is 11.3 Å². The Morgan fingerprint density at radius 3 is 2.84 bits per heavy atom. The molecule has 0 radical (unpaired) electrons. The van der Waals surface area contributed by atoms with E-state index < -0.39 is 0 Å². The molecule has 2 aromatic rings. The molecule has 0 N–H and O–H groups in total. The second-order valence-corrected chi connectivity index (χ2v) is 7.56. The highest BCUT2D eigenvalue weighted by Gasteiger charge is 2.21. The molecule has 1 nitrogen and oxygen atoms in total. The number of rotatable bonds is 3. The van der Waals surface area contributed by atoms with Crippen LogP contribution in [0.2, 0.25) is 0 Å². The van der Waals surface area contributed by atoms with Gasteiger partial charge in [0.2, 0.25) is 0 Å². The zero-order valence-electron chi connectivity index (χ0n) is 10.9. The fraction of sp³-hybridized carbons (Fsp3) is 0.438. The van der Waals surface area contributed by atoms with Gasteiger partial charge < -0.3 is 0 Å². The summed E-state index contributed by atoms with van der Waals surface area (Å²) in [5.41, 5.74) is 2.36. The van der Waals surface area contributed by atoms with Crippen molar-refractivity contribution in [2.75, 3.05) is 0 Å². The van der Waals surface area contributed by atoms with E-state index in [1.165, 1.54) is 36.3 Å². The molecule has 0 spiro atoms. The number of hydrogen-bond acceptors (Lipinski definition) is 2. The van der Waals surface area contributed by atoms with Gasteiger partial charge in [-0.15, -0.1) is 11.3 Å². The molecule has 3 heteroatoms. The second kappa shape index (κ2) is 6.19. The fourth-order valence-corrected chi connectivity index (χ4v) is 4.58. The SMILES string of the molecule is BrC1CCCC(Cc2nc(-c3ccccc3)cs2)C1. The van der Waals surface area contributed by atoms with Gasteiger partial charge in [-0.1, -0.05) is 52.7 Å².